The maximum absolute atomic E-state index is 12.8. The lowest BCUT2D eigenvalue weighted by atomic mass is 9.98. The number of rotatable bonds is 6. The molecular formula is C24H21ClN2O3. The Bertz CT molecular complexity index is 1040. The molecule has 30 heavy (non-hydrogen) atoms. The van der Waals surface area contributed by atoms with Crippen LogP contribution in [0, 0.1) is 0 Å². The van der Waals surface area contributed by atoms with Gasteiger partial charge in [0, 0.05) is 18.0 Å². The predicted octanol–water partition coefficient (Wildman–Crippen LogP) is 4.36. The molecule has 1 aliphatic heterocycles. The zero-order valence-corrected chi connectivity index (χ0v) is 17.0. The lowest BCUT2D eigenvalue weighted by Gasteiger charge is -2.29. The third-order valence-electron chi connectivity index (χ3n) is 5.01. The topological polar surface area (TPSA) is 58.6 Å². The van der Waals surface area contributed by atoms with Gasteiger partial charge in [0.15, 0.2) is 6.61 Å². The average molecular weight is 421 g/mol. The van der Waals surface area contributed by atoms with Crippen LogP contribution in [0.5, 0.6) is 5.75 Å². The van der Waals surface area contributed by atoms with E-state index in [9.17, 15) is 9.59 Å². The lowest BCUT2D eigenvalue weighted by molar-refractivity contribution is -0.122. The molecule has 6 heteroatoms. The van der Waals surface area contributed by atoms with E-state index in [2.05, 4.69) is 5.32 Å². The zero-order chi connectivity index (χ0) is 20.9. The molecular weight excluding hydrogens is 400 g/mol. The maximum Gasteiger partial charge on any atom is 0.265 e. The van der Waals surface area contributed by atoms with E-state index in [4.69, 9.17) is 16.3 Å². The summed E-state index contributed by atoms with van der Waals surface area (Å²) in [6.07, 6.45) is 0.178. The van der Waals surface area contributed by atoms with Gasteiger partial charge in [0.05, 0.1) is 11.7 Å². The molecule has 1 aliphatic rings. The Labute approximate surface area is 180 Å². The molecule has 0 spiro atoms. The monoisotopic (exact) mass is 420 g/mol. The van der Waals surface area contributed by atoms with Crippen molar-refractivity contribution < 1.29 is 14.3 Å². The number of benzene rings is 3. The van der Waals surface area contributed by atoms with Gasteiger partial charge in [-0.2, -0.15) is 0 Å². The van der Waals surface area contributed by atoms with E-state index in [0.717, 1.165) is 11.1 Å². The number of ether oxygens (including phenoxy) is 1. The molecule has 0 saturated heterocycles. The summed E-state index contributed by atoms with van der Waals surface area (Å²) in [5.41, 5.74) is 2.60. The van der Waals surface area contributed by atoms with Crippen LogP contribution < -0.4 is 15.0 Å². The summed E-state index contributed by atoms with van der Waals surface area (Å²) in [7, 11) is 0. The number of fused-ring (bicyclic) bond motifs is 1. The minimum Gasteiger partial charge on any atom is -0.482 e. The smallest absolute Gasteiger partial charge is 0.265 e. The Morgan fingerprint density at radius 2 is 1.63 bits per heavy atom. The fourth-order valence-corrected chi connectivity index (χ4v) is 3.63. The first-order chi connectivity index (χ1) is 14.6. The predicted molar refractivity (Wildman–Crippen MR) is 117 cm³/mol. The molecule has 5 nitrogen and oxygen atoms in total. The highest BCUT2D eigenvalue weighted by molar-refractivity contribution is 6.30. The Morgan fingerprint density at radius 3 is 2.40 bits per heavy atom. The van der Waals surface area contributed by atoms with Crippen molar-refractivity contribution in [3.63, 3.8) is 0 Å². The van der Waals surface area contributed by atoms with Gasteiger partial charge in [-0.15, -0.1) is 0 Å². The highest BCUT2D eigenvalue weighted by Crippen LogP contribution is 2.31. The summed E-state index contributed by atoms with van der Waals surface area (Å²) >= 11 is 6.02. The van der Waals surface area contributed by atoms with E-state index in [-0.39, 0.29) is 37.4 Å². The molecule has 3 aromatic rings. The Kier molecular flexibility index (Phi) is 6.00. The molecule has 0 bridgehead atoms. The minimum absolute atomic E-state index is 0.0178. The van der Waals surface area contributed by atoms with Crippen LogP contribution in [-0.2, 0) is 9.59 Å². The Morgan fingerprint density at radius 1 is 0.967 bits per heavy atom. The molecule has 1 N–H and O–H groups in total. The van der Waals surface area contributed by atoms with Crippen molar-refractivity contribution in [2.24, 2.45) is 0 Å². The molecule has 1 unspecified atom stereocenters. The Hall–Kier alpha value is -3.31. The molecule has 0 radical (unpaired) electrons. The standard InChI is InChI=1S/C24H21ClN2O3/c25-19-12-10-18(11-13-19)24(17-6-2-1-3-7-17)26-22(28)14-15-27-20-8-4-5-9-21(20)30-16-23(27)29/h1-13,24H,14-16H2,(H,26,28). The van der Waals surface area contributed by atoms with E-state index in [1.54, 1.807) is 4.90 Å². The number of halogens is 1. The van der Waals surface area contributed by atoms with Crippen LogP contribution in [0.3, 0.4) is 0 Å². The van der Waals surface area contributed by atoms with Crippen LogP contribution in [0.2, 0.25) is 5.02 Å². The second-order valence-electron chi connectivity index (χ2n) is 7.01. The highest BCUT2D eigenvalue weighted by Gasteiger charge is 2.26. The average Bonchev–Trinajstić information content (AvgIpc) is 2.78. The Balaban J connectivity index is 1.48. The van der Waals surface area contributed by atoms with Crippen molar-refractivity contribution in [1.29, 1.82) is 0 Å². The van der Waals surface area contributed by atoms with Crippen LogP contribution >= 0.6 is 11.6 Å². The third kappa shape index (κ3) is 4.47. The zero-order valence-electron chi connectivity index (χ0n) is 16.3. The molecule has 3 aromatic carbocycles. The van der Waals surface area contributed by atoms with Gasteiger partial charge in [-0.1, -0.05) is 66.2 Å². The largest absolute Gasteiger partial charge is 0.482 e. The first-order valence-electron chi connectivity index (χ1n) is 9.74. The molecule has 0 fully saturated rings. The van der Waals surface area contributed by atoms with E-state index in [1.165, 1.54) is 0 Å². The summed E-state index contributed by atoms with van der Waals surface area (Å²) in [6.45, 7) is 0.267. The number of amides is 2. The van der Waals surface area contributed by atoms with Gasteiger partial charge in [0.1, 0.15) is 5.75 Å². The van der Waals surface area contributed by atoms with Crippen LogP contribution in [-0.4, -0.2) is 25.0 Å². The summed E-state index contributed by atoms with van der Waals surface area (Å²) in [5, 5.41) is 3.74. The molecule has 4 rings (SSSR count). The van der Waals surface area contributed by atoms with Crippen molar-refractivity contribution in [3.8, 4) is 5.75 Å². The SMILES string of the molecule is O=C(CCN1C(=O)COc2ccccc21)NC(c1ccccc1)c1ccc(Cl)cc1. The van der Waals surface area contributed by atoms with Crippen LogP contribution in [0.4, 0.5) is 5.69 Å². The van der Waals surface area contributed by atoms with Crippen molar-refractivity contribution in [1.82, 2.24) is 5.32 Å². The highest BCUT2D eigenvalue weighted by atomic mass is 35.5. The van der Waals surface area contributed by atoms with Gasteiger partial charge in [-0.25, -0.2) is 0 Å². The van der Waals surface area contributed by atoms with Crippen molar-refractivity contribution in [3.05, 3.63) is 95.0 Å². The van der Waals surface area contributed by atoms with Crippen molar-refractivity contribution in [2.75, 3.05) is 18.1 Å². The molecule has 0 aliphatic carbocycles. The van der Waals surface area contributed by atoms with E-state index in [0.29, 0.717) is 16.5 Å². The van der Waals surface area contributed by atoms with E-state index < -0.39 is 0 Å². The molecule has 1 heterocycles. The molecule has 1 atom stereocenters. The number of para-hydroxylation sites is 2. The quantitative estimate of drug-likeness (QED) is 0.644. The van der Waals surface area contributed by atoms with Crippen molar-refractivity contribution in [2.45, 2.75) is 12.5 Å². The van der Waals surface area contributed by atoms with Gasteiger partial charge in [-0.05, 0) is 35.4 Å². The number of carbonyl (C=O) groups excluding carboxylic acids is 2. The van der Waals surface area contributed by atoms with E-state index in [1.807, 2.05) is 78.9 Å². The van der Waals surface area contributed by atoms with Gasteiger partial charge in [0.25, 0.3) is 5.91 Å². The third-order valence-corrected chi connectivity index (χ3v) is 5.26. The van der Waals surface area contributed by atoms with Gasteiger partial charge >= 0.3 is 0 Å². The fourth-order valence-electron chi connectivity index (χ4n) is 3.51. The van der Waals surface area contributed by atoms with Crippen LogP contribution in [0.15, 0.2) is 78.9 Å². The summed E-state index contributed by atoms with van der Waals surface area (Å²) in [4.78, 5) is 26.8. The van der Waals surface area contributed by atoms with E-state index >= 15 is 0 Å². The number of anilines is 1. The number of carbonyl (C=O) groups is 2. The normalized spacial score (nSPS) is 13.9. The molecule has 152 valence electrons. The lowest BCUT2D eigenvalue weighted by Crippen LogP contribution is -2.41. The molecule has 0 saturated carbocycles. The van der Waals surface area contributed by atoms with Crippen LogP contribution in [0.1, 0.15) is 23.6 Å². The number of nitrogens with zero attached hydrogens (tertiary/aromatic N) is 1. The first kappa shape index (κ1) is 20.0. The summed E-state index contributed by atoms with van der Waals surface area (Å²) < 4.78 is 5.46. The fraction of sp³-hybridized carbons (Fsp3) is 0.167. The van der Waals surface area contributed by atoms with Gasteiger partial charge < -0.3 is 15.0 Å². The second-order valence-corrected chi connectivity index (χ2v) is 7.45. The number of nitrogens with one attached hydrogen (secondary N) is 1. The number of hydrogen-bond acceptors (Lipinski definition) is 3. The minimum atomic E-state index is -0.302. The summed E-state index contributed by atoms with van der Waals surface area (Å²) in [6, 6.07) is 24.2. The van der Waals surface area contributed by atoms with Crippen molar-refractivity contribution >= 4 is 29.1 Å². The summed E-state index contributed by atoms with van der Waals surface area (Å²) in [5.74, 6) is 0.357. The van der Waals surface area contributed by atoms with Gasteiger partial charge in [0.2, 0.25) is 5.91 Å². The molecule has 0 aromatic heterocycles. The number of hydrogen-bond donors (Lipinski definition) is 1. The van der Waals surface area contributed by atoms with Crippen LogP contribution in [0.25, 0.3) is 0 Å². The van der Waals surface area contributed by atoms with Gasteiger partial charge in [-0.3, -0.25) is 9.59 Å². The first-order valence-corrected chi connectivity index (χ1v) is 10.1. The molecule has 2 amide bonds. The second kappa shape index (κ2) is 9.01. The maximum atomic E-state index is 12.8.